The van der Waals surface area contributed by atoms with Crippen molar-refractivity contribution in [1.82, 2.24) is 5.32 Å². The van der Waals surface area contributed by atoms with Gasteiger partial charge in [-0.05, 0) is 26.0 Å². The Bertz CT molecular complexity index is 486. The minimum Gasteiger partial charge on any atom is -0.493 e. The number of nitrogens with one attached hydrogen (secondary N) is 1. The van der Waals surface area contributed by atoms with Gasteiger partial charge in [0.1, 0.15) is 5.75 Å². The maximum Gasteiger partial charge on any atom is 0.223 e. The summed E-state index contributed by atoms with van der Waals surface area (Å²) in [6.45, 7) is 3.73. The van der Waals surface area contributed by atoms with Crippen molar-refractivity contribution in [2.45, 2.75) is 32.2 Å². The molecule has 0 atom stereocenters. The van der Waals surface area contributed by atoms with Gasteiger partial charge in [-0.25, -0.2) is 0 Å². The lowest BCUT2D eigenvalue weighted by Crippen LogP contribution is -2.46. The summed E-state index contributed by atoms with van der Waals surface area (Å²) in [4.78, 5) is 22.6. The molecule has 0 aliphatic rings. The van der Waals surface area contributed by atoms with E-state index in [4.69, 9.17) is 16.2 Å². The Labute approximate surface area is 118 Å². The van der Waals surface area contributed by atoms with Gasteiger partial charge in [0.05, 0.1) is 13.0 Å². The first kappa shape index (κ1) is 15.8. The zero-order valence-corrected chi connectivity index (χ0v) is 11.8. The van der Waals surface area contributed by atoms with Crippen molar-refractivity contribution in [2.24, 2.45) is 5.73 Å². The first-order valence-corrected chi connectivity index (χ1v) is 6.36. The second-order valence-electron chi connectivity index (χ2n) is 5.25. The number of nitrogens with two attached hydrogens (primary N) is 2. The highest BCUT2D eigenvalue weighted by Gasteiger charge is 2.22. The van der Waals surface area contributed by atoms with Crippen LogP contribution in [0.3, 0.4) is 0 Å². The summed E-state index contributed by atoms with van der Waals surface area (Å²) in [6, 6.07) is 6.99. The molecule has 6 nitrogen and oxygen atoms in total. The number of amides is 2. The monoisotopic (exact) mass is 279 g/mol. The first-order chi connectivity index (χ1) is 9.28. The molecule has 1 aromatic carbocycles. The molecule has 0 saturated heterocycles. The maximum absolute atomic E-state index is 11.7. The summed E-state index contributed by atoms with van der Waals surface area (Å²) in [5.41, 5.74) is 10.7. The third-order valence-corrected chi connectivity index (χ3v) is 2.55. The van der Waals surface area contributed by atoms with Crippen molar-refractivity contribution in [3.05, 3.63) is 24.3 Å². The van der Waals surface area contributed by atoms with Crippen LogP contribution in [0, 0.1) is 0 Å². The van der Waals surface area contributed by atoms with Gasteiger partial charge in [-0.2, -0.15) is 0 Å². The molecule has 0 heterocycles. The van der Waals surface area contributed by atoms with Crippen molar-refractivity contribution >= 4 is 17.5 Å². The Morgan fingerprint density at radius 2 is 2.05 bits per heavy atom. The molecule has 0 unspecified atom stereocenters. The fourth-order valence-electron chi connectivity index (χ4n) is 1.79. The van der Waals surface area contributed by atoms with Crippen LogP contribution in [0.1, 0.15) is 26.7 Å². The number of carbonyl (C=O) groups excluding carboxylic acids is 2. The molecule has 5 N–H and O–H groups in total. The molecule has 110 valence electrons. The molecule has 1 aromatic rings. The number of hydrogen-bond acceptors (Lipinski definition) is 4. The first-order valence-electron chi connectivity index (χ1n) is 6.36. The Morgan fingerprint density at radius 1 is 1.35 bits per heavy atom. The Balaban J connectivity index is 2.35. The van der Waals surface area contributed by atoms with Gasteiger partial charge in [0.15, 0.2) is 0 Å². The van der Waals surface area contributed by atoms with E-state index in [1.54, 1.807) is 38.1 Å². The highest BCUT2D eigenvalue weighted by molar-refractivity contribution is 5.79. The highest BCUT2D eigenvalue weighted by atomic mass is 16.5. The van der Waals surface area contributed by atoms with E-state index in [2.05, 4.69) is 5.32 Å². The predicted molar refractivity (Wildman–Crippen MR) is 77.0 cm³/mol. The van der Waals surface area contributed by atoms with Crippen LogP contribution in [0.5, 0.6) is 5.75 Å². The molecule has 2 amide bonds. The van der Waals surface area contributed by atoms with Crippen molar-refractivity contribution in [3.63, 3.8) is 0 Å². The molecule has 0 radical (unpaired) electrons. The zero-order chi connectivity index (χ0) is 15.2. The largest absolute Gasteiger partial charge is 0.493 e. The fraction of sp³-hybridized carbons (Fsp3) is 0.429. The lowest BCUT2D eigenvalue weighted by Gasteiger charge is -2.24. The molecular formula is C14H21N3O3. The third-order valence-electron chi connectivity index (χ3n) is 2.55. The van der Waals surface area contributed by atoms with E-state index in [-0.39, 0.29) is 25.4 Å². The molecule has 0 spiro atoms. The number of nitrogen functional groups attached to an aromatic ring is 1. The van der Waals surface area contributed by atoms with Gasteiger partial charge >= 0.3 is 0 Å². The van der Waals surface area contributed by atoms with Crippen LogP contribution in [0.25, 0.3) is 0 Å². The summed E-state index contributed by atoms with van der Waals surface area (Å²) in [6.07, 6.45) is 0.284. The second kappa shape index (κ2) is 6.79. The molecule has 20 heavy (non-hydrogen) atoms. The fourth-order valence-corrected chi connectivity index (χ4v) is 1.79. The number of primary amides is 1. The SMILES string of the molecule is CC(C)(CC(N)=O)NC(=O)CCOc1cccc(N)c1. The van der Waals surface area contributed by atoms with E-state index < -0.39 is 11.4 Å². The van der Waals surface area contributed by atoms with Crippen LogP contribution in [0.4, 0.5) is 5.69 Å². The molecular weight excluding hydrogens is 258 g/mol. The standard InChI is InChI=1S/C14H21N3O3/c1-14(2,9-12(16)18)17-13(19)6-7-20-11-5-3-4-10(15)8-11/h3-5,8H,6-7,9,15H2,1-2H3,(H2,16,18)(H,17,19). The average Bonchev–Trinajstić information content (AvgIpc) is 2.26. The number of anilines is 1. The van der Waals surface area contributed by atoms with Crippen LogP contribution in [-0.2, 0) is 9.59 Å². The van der Waals surface area contributed by atoms with Crippen molar-refractivity contribution in [2.75, 3.05) is 12.3 Å². The van der Waals surface area contributed by atoms with Gasteiger partial charge in [0.25, 0.3) is 0 Å². The van der Waals surface area contributed by atoms with Crippen molar-refractivity contribution in [1.29, 1.82) is 0 Å². The van der Waals surface area contributed by atoms with Crippen molar-refractivity contribution < 1.29 is 14.3 Å². The van der Waals surface area contributed by atoms with Crippen LogP contribution < -0.4 is 21.5 Å². The zero-order valence-electron chi connectivity index (χ0n) is 11.8. The number of benzene rings is 1. The molecule has 0 aliphatic heterocycles. The number of hydrogen-bond donors (Lipinski definition) is 3. The summed E-state index contributed by atoms with van der Waals surface area (Å²) < 4.78 is 5.42. The van der Waals surface area contributed by atoms with Crippen LogP contribution in [0.15, 0.2) is 24.3 Å². The summed E-state index contributed by atoms with van der Waals surface area (Å²) >= 11 is 0. The molecule has 0 aliphatic carbocycles. The molecule has 6 heteroatoms. The predicted octanol–water partition coefficient (Wildman–Crippen LogP) is 0.808. The Kier molecular flexibility index (Phi) is 5.37. The smallest absolute Gasteiger partial charge is 0.223 e. The van der Waals surface area contributed by atoms with E-state index in [0.717, 1.165) is 0 Å². The number of ether oxygens (including phenoxy) is 1. The molecule has 1 rings (SSSR count). The van der Waals surface area contributed by atoms with Crippen molar-refractivity contribution in [3.8, 4) is 5.75 Å². The van der Waals surface area contributed by atoms with Crippen LogP contribution >= 0.6 is 0 Å². The molecule has 0 bridgehead atoms. The van der Waals surface area contributed by atoms with E-state index in [9.17, 15) is 9.59 Å². The normalized spacial score (nSPS) is 10.9. The Morgan fingerprint density at radius 3 is 2.65 bits per heavy atom. The topological polar surface area (TPSA) is 107 Å². The van der Waals surface area contributed by atoms with Gasteiger partial charge in [-0.3, -0.25) is 9.59 Å². The van der Waals surface area contributed by atoms with Gasteiger partial charge in [0.2, 0.25) is 11.8 Å². The quantitative estimate of drug-likeness (QED) is 0.642. The van der Waals surface area contributed by atoms with E-state index >= 15 is 0 Å². The summed E-state index contributed by atoms with van der Waals surface area (Å²) in [5, 5.41) is 2.74. The summed E-state index contributed by atoms with van der Waals surface area (Å²) in [5.74, 6) is -0.0272. The minimum atomic E-state index is -0.653. The minimum absolute atomic E-state index is 0.0921. The van der Waals surface area contributed by atoms with Crippen LogP contribution in [0.2, 0.25) is 0 Å². The number of carbonyl (C=O) groups is 2. The molecule has 0 aromatic heterocycles. The van der Waals surface area contributed by atoms with E-state index in [0.29, 0.717) is 11.4 Å². The van der Waals surface area contributed by atoms with Gasteiger partial charge < -0.3 is 21.5 Å². The second-order valence-corrected chi connectivity index (χ2v) is 5.25. The van der Waals surface area contributed by atoms with Gasteiger partial charge in [-0.1, -0.05) is 6.07 Å². The van der Waals surface area contributed by atoms with Crippen LogP contribution in [-0.4, -0.2) is 24.0 Å². The average molecular weight is 279 g/mol. The number of rotatable bonds is 7. The Hall–Kier alpha value is -2.24. The molecule has 0 saturated carbocycles. The highest BCUT2D eigenvalue weighted by Crippen LogP contribution is 2.14. The third kappa shape index (κ3) is 6.08. The summed E-state index contributed by atoms with van der Waals surface area (Å²) in [7, 11) is 0. The van der Waals surface area contributed by atoms with E-state index in [1.807, 2.05) is 0 Å². The van der Waals surface area contributed by atoms with Gasteiger partial charge in [0, 0.05) is 23.7 Å². The van der Waals surface area contributed by atoms with E-state index in [1.165, 1.54) is 0 Å². The lowest BCUT2D eigenvalue weighted by atomic mass is 10.0. The van der Waals surface area contributed by atoms with Gasteiger partial charge in [-0.15, -0.1) is 0 Å². The lowest BCUT2D eigenvalue weighted by molar-refractivity contribution is -0.124. The molecule has 0 fully saturated rings. The maximum atomic E-state index is 11.7.